The maximum absolute atomic E-state index is 12.6. The lowest BCUT2D eigenvalue weighted by atomic mass is 10.1. The van der Waals surface area contributed by atoms with Crippen molar-refractivity contribution >= 4 is 16.6 Å². The maximum Gasteiger partial charge on any atom is 0.387 e. The van der Waals surface area contributed by atoms with Gasteiger partial charge >= 0.3 is 6.61 Å². The van der Waals surface area contributed by atoms with Crippen molar-refractivity contribution in [2.75, 3.05) is 38.1 Å². The van der Waals surface area contributed by atoms with Crippen LogP contribution in [0.25, 0.3) is 10.9 Å². The van der Waals surface area contributed by atoms with E-state index >= 15 is 0 Å². The first-order valence-corrected chi connectivity index (χ1v) is 9.24. The van der Waals surface area contributed by atoms with Crippen LogP contribution in [0.1, 0.15) is 19.4 Å². The highest BCUT2D eigenvalue weighted by atomic mass is 19.3. The van der Waals surface area contributed by atoms with E-state index in [0.29, 0.717) is 28.7 Å². The third-order valence-electron chi connectivity index (χ3n) is 4.79. The van der Waals surface area contributed by atoms with Crippen molar-refractivity contribution in [3.63, 3.8) is 0 Å². The standard InChI is InChI=1S/C20H24F2N4O2/c1-13-11-26(12-14(2)27-13)7-6-25(3)19-15(9-23)10-24-18-5-4-16(8-17(18)19)28-20(21)22/h4-5,8,10,13-14,20H,6-7,11-12H2,1-3H3/t13-,14+. The number of aromatic nitrogens is 1. The Labute approximate surface area is 163 Å². The zero-order valence-corrected chi connectivity index (χ0v) is 16.2. The summed E-state index contributed by atoms with van der Waals surface area (Å²) in [6.07, 6.45) is 1.87. The van der Waals surface area contributed by atoms with Gasteiger partial charge in [0.1, 0.15) is 11.8 Å². The first-order valence-electron chi connectivity index (χ1n) is 9.24. The molecule has 1 saturated heterocycles. The number of nitrogens with zero attached hydrogens (tertiary/aromatic N) is 4. The molecular weight excluding hydrogens is 366 g/mol. The molecule has 6 nitrogen and oxygen atoms in total. The Balaban J connectivity index is 1.85. The molecular formula is C20H24F2N4O2. The van der Waals surface area contributed by atoms with Crippen LogP contribution < -0.4 is 9.64 Å². The minimum atomic E-state index is -2.91. The number of hydrogen-bond donors (Lipinski definition) is 0. The topological polar surface area (TPSA) is 61.6 Å². The van der Waals surface area contributed by atoms with E-state index in [0.717, 1.165) is 19.6 Å². The van der Waals surface area contributed by atoms with Gasteiger partial charge in [-0.15, -0.1) is 0 Å². The Morgan fingerprint density at radius 1 is 1.36 bits per heavy atom. The van der Waals surface area contributed by atoms with Gasteiger partial charge in [0.15, 0.2) is 0 Å². The van der Waals surface area contributed by atoms with Gasteiger partial charge in [-0.1, -0.05) is 0 Å². The second kappa shape index (κ2) is 8.67. The van der Waals surface area contributed by atoms with Gasteiger partial charge in [0.2, 0.25) is 0 Å². The summed E-state index contributed by atoms with van der Waals surface area (Å²) in [6, 6.07) is 6.74. The second-order valence-corrected chi connectivity index (χ2v) is 7.13. The SMILES string of the molecule is C[C@@H]1CN(CCN(C)c2c(C#N)cnc3ccc(OC(F)F)cc23)C[C@H](C)O1. The largest absolute Gasteiger partial charge is 0.435 e. The van der Waals surface area contributed by atoms with Crippen molar-refractivity contribution in [3.8, 4) is 11.8 Å². The van der Waals surface area contributed by atoms with Crippen molar-refractivity contribution < 1.29 is 18.3 Å². The van der Waals surface area contributed by atoms with Crippen molar-refractivity contribution in [1.29, 1.82) is 5.26 Å². The molecule has 150 valence electrons. The molecule has 2 heterocycles. The van der Waals surface area contributed by atoms with Crippen molar-refractivity contribution in [3.05, 3.63) is 30.0 Å². The lowest BCUT2D eigenvalue weighted by molar-refractivity contribution is -0.0670. The van der Waals surface area contributed by atoms with Gasteiger partial charge in [-0.3, -0.25) is 9.88 Å². The second-order valence-electron chi connectivity index (χ2n) is 7.13. The van der Waals surface area contributed by atoms with Crippen LogP contribution in [0.2, 0.25) is 0 Å². The van der Waals surface area contributed by atoms with Crippen LogP contribution in [0.5, 0.6) is 5.75 Å². The number of anilines is 1. The number of alkyl halides is 2. The van der Waals surface area contributed by atoms with E-state index in [1.807, 2.05) is 11.9 Å². The average Bonchev–Trinajstić information content (AvgIpc) is 2.63. The molecule has 0 radical (unpaired) electrons. The van der Waals surface area contributed by atoms with Crippen LogP contribution in [0, 0.1) is 11.3 Å². The van der Waals surface area contributed by atoms with Crippen LogP contribution in [0.3, 0.4) is 0 Å². The van der Waals surface area contributed by atoms with E-state index in [9.17, 15) is 14.0 Å². The summed E-state index contributed by atoms with van der Waals surface area (Å²) in [7, 11) is 1.89. The lowest BCUT2D eigenvalue weighted by Gasteiger charge is -2.36. The predicted molar refractivity (Wildman–Crippen MR) is 103 cm³/mol. The summed E-state index contributed by atoms with van der Waals surface area (Å²) in [4.78, 5) is 8.57. The fraction of sp³-hybridized carbons (Fsp3) is 0.500. The van der Waals surface area contributed by atoms with Gasteiger partial charge in [-0.05, 0) is 32.0 Å². The molecule has 1 aliphatic rings. The Morgan fingerprint density at radius 3 is 2.71 bits per heavy atom. The minimum Gasteiger partial charge on any atom is -0.435 e. The first kappa shape index (κ1) is 20.2. The average molecular weight is 390 g/mol. The van der Waals surface area contributed by atoms with E-state index in [1.54, 1.807) is 6.07 Å². The Hall–Kier alpha value is -2.50. The number of halogens is 2. The minimum absolute atomic E-state index is 0.0462. The van der Waals surface area contributed by atoms with Gasteiger partial charge in [-0.2, -0.15) is 14.0 Å². The van der Waals surface area contributed by atoms with Crippen LogP contribution in [0.15, 0.2) is 24.4 Å². The molecule has 3 rings (SSSR count). The third kappa shape index (κ3) is 4.66. The zero-order valence-electron chi connectivity index (χ0n) is 16.2. The van der Waals surface area contributed by atoms with Gasteiger partial charge in [0.05, 0.1) is 29.0 Å². The molecule has 2 atom stereocenters. The van der Waals surface area contributed by atoms with Crippen molar-refractivity contribution in [2.45, 2.75) is 32.7 Å². The number of nitriles is 1. The molecule has 1 aliphatic heterocycles. The smallest absolute Gasteiger partial charge is 0.387 e. The van der Waals surface area contributed by atoms with Gasteiger partial charge in [0.25, 0.3) is 0 Å². The van der Waals surface area contributed by atoms with Crippen LogP contribution in [-0.4, -0.2) is 61.9 Å². The number of hydrogen-bond acceptors (Lipinski definition) is 6. The van der Waals surface area contributed by atoms with E-state index in [-0.39, 0.29) is 18.0 Å². The maximum atomic E-state index is 12.6. The van der Waals surface area contributed by atoms with Gasteiger partial charge in [0, 0.05) is 44.8 Å². The molecule has 0 spiro atoms. The van der Waals surface area contributed by atoms with Gasteiger partial charge in [-0.25, -0.2) is 0 Å². The van der Waals surface area contributed by atoms with Crippen molar-refractivity contribution in [1.82, 2.24) is 9.88 Å². The normalized spacial score (nSPS) is 20.3. The molecule has 0 saturated carbocycles. The van der Waals surface area contributed by atoms with E-state index in [2.05, 4.69) is 34.5 Å². The molecule has 2 aromatic rings. The Morgan fingerprint density at radius 2 is 2.07 bits per heavy atom. The summed E-state index contributed by atoms with van der Waals surface area (Å²) in [5, 5.41) is 10.1. The molecule has 1 aromatic carbocycles. The zero-order chi connectivity index (χ0) is 20.3. The van der Waals surface area contributed by atoms with Crippen LogP contribution >= 0.6 is 0 Å². The molecule has 0 amide bonds. The Kier molecular flexibility index (Phi) is 6.27. The number of rotatable bonds is 6. The molecule has 0 unspecified atom stereocenters. The Bertz CT molecular complexity index is 861. The van der Waals surface area contributed by atoms with E-state index < -0.39 is 6.61 Å². The first-order chi connectivity index (χ1) is 13.4. The summed E-state index contributed by atoms with van der Waals surface area (Å²) in [5.41, 5.74) is 1.69. The lowest BCUT2D eigenvalue weighted by Crippen LogP contribution is -2.47. The molecule has 1 aromatic heterocycles. The van der Waals surface area contributed by atoms with Crippen LogP contribution in [-0.2, 0) is 4.74 Å². The van der Waals surface area contributed by atoms with Crippen molar-refractivity contribution in [2.24, 2.45) is 0 Å². The van der Waals surface area contributed by atoms with E-state index in [1.165, 1.54) is 18.3 Å². The monoisotopic (exact) mass is 390 g/mol. The van der Waals surface area contributed by atoms with E-state index in [4.69, 9.17) is 4.74 Å². The van der Waals surface area contributed by atoms with Crippen LogP contribution in [0.4, 0.5) is 14.5 Å². The summed E-state index contributed by atoms with van der Waals surface area (Å²) in [6.45, 7) is 4.39. The number of fused-ring (bicyclic) bond motifs is 1. The number of morpholine rings is 1. The fourth-order valence-electron chi connectivity index (χ4n) is 3.70. The molecule has 1 fully saturated rings. The molecule has 28 heavy (non-hydrogen) atoms. The number of benzene rings is 1. The summed E-state index contributed by atoms with van der Waals surface area (Å²) < 4.78 is 35.5. The molecule has 0 aliphatic carbocycles. The highest BCUT2D eigenvalue weighted by molar-refractivity contribution is 5.95. The number of likely N-dealkylation sites (N-methyl/N-ethyl adjacent to an activating group) is 1. The molecule has 0 bridgehead atoms. The number of ether oxygens (including phenoxy) is 2. The summed E-state index contributed by atoms with van der Waals surface area (Å²) >= 11 is 0. The number of pyridine rings is 1. The highest BCUT2D eigenvalue weighted by Gasteiger charge is 2.23. The van der Waals surface area contributed by atoms with Gasteiger partial charge < -0.3 is 14.4 Å². The summed E-state index contributed by atoms with van der Waals surface area (Å²) in [5.74, 6) is 0.0462. The predicted octanol–water partition coefficient (Wildman–Crippen LogP) is 3.25. The third-order valence-corrected chi connectivity index (χ3v) is 4.79. The quantitative estimate of drug-likeness (QED) is 0.755. The molecule has 0 N–H and O–H groups in total. The highest BCUT2D eigenvalue weighted by Crippen LogP contribution is 2.32. The fourth-order valence-corrected chi connectivity index (χ4v) is 3.70. The molecule has 8 heteroatoms.